The van der Waals surface area contributed by atoms with Gasteiger partial charge in [0.2, 0.25) is 0 Å². The Kier molecular flexibility index (Phi) is 8.29. The van der Waals surface area contributed by atoms with E-state index < -0.39 is 0 Å². The van der Waals surface area contributed by atoms with Crippen LogP contribution in [0.15, 0.2) is 48.5 Å². The maximum absolute atomic E-state index is 12.7. The molecule has 0 spiro atoms. The molecule has 2 unspecified atom stereocenters. The highest BCUT2D eigenvalue weighted by atomic mass is 16.5. The van der Waals surface area contributed by atoms with Crippen molar-refractivity contribution in [2.24, 2.45) is 11.8 Å². The molecule has 1 heterocycles. The number of carbonyl (C=O) groups excluding carboxylic acids is 1. The maximum Gasteiger partial charge on any atom is 0.251 e. The second kappa shape index (κ2) is 11.1. The van der Waals surface area contributed by atoms with Crippen LogP contribution in [0.3, 0.4) is 0 Å². The first-order chi connectivity index (χ1) is 14.5. The van der Waals surface area contributed by atoms with E-state index in [4.69, 9.17) is 9.47 Å². The fraction of sp³-hybridized carbons (Fsp3) is 0.480. The second-order valence-electron chi connectivity index (χ2n) is 8.46. The topological polar surface area (TPSA) is 50.8 Å². The van der Waals surface area contributed by atoms with Gasteiger partial charge in [0.05, 0.1) is 6.61 Å². The Morgan fingerprint density at radius 2 is 1.77 bits per heavy atom. The van der Waals surface area contributed by atoms with Crippen LogP contribution in [0.25, 0.3) is 0 Å². The summed E-state index contributed by atoms with van der Waals surface area (Å²) in [6.45, 7) is 9.38. The van der Waals surface area contributed by atoms with Gasteiger partial charge in [0.15, 0.2) is 0 Å². The summed E-state index contributed by atoms with van der Waals surface area (Å²) in [5.74, 6) is 2.05. The van der Waals surface area contributed by atoms with E-state index in [0.29, 0.717) is 31.1 Å². The number of piperidine rings is 1. The minimum Gasteiger partial charge on any atom is -0.491 e. The van der Waals surface area contributed by atoms with Gasteiger partial charge in [-0.1, -0.05) is 44.2 Å². The first kappa shape index (κ1) is 22.3. The summed E-state index contributed by atoms with van der Waals surface area (Å²) < 4.78 is 10.6. The number of rotatable bonds is 9. The predicted molar refractivity (Wildman–Crippen MR) is 120 cm³/mol. The molecule has 3 rings (SSSR count). The third-order valence-electron chi connectivity index (χ3n) is 5.55. The van der Waals surface area contributed by atoms with Crippen LogP contribution in [0, 0.1) is 11.8 Å². The molecular formula is C25H34N2O3. The van der Waals surface area contributed by atoms with Crippen LogP contribution in [0.1, 0.15) is 41.8 Å². The molecule has 0 radical (unpaired) electrons. The molecule has 0 aliphatic carbocycles. The van der Waals surface area contributed by atoms with Crippen molar-refractivity contribution in [3.63, 3.8) is 0 Å². The third kappa shape index (κ3) is 6.57. The van der Waals surface area contributed by atoms with Gasteiger partial charge >= 0.3 is 0 Å². The monoisotopic (exact) mass is 410 g/mol. The molecule has 0 saturated carbocycles. The normalized spacial score (nSPS) is 19.4. The quantitative estimate of drug-likeness (QED) is 0.632. The molecule has 5 heteroatoms. The predicted octanol–water partition coefficient (Wildman–Crippen LogP) is 4.12. The highest BCUT2D eigenvalue weighted by Crippen LogP contribution is 2.23. The molecule has 30 heavy (non-hydrogen) atoms. The van der Waals surface area contributed by atoms with Gasteiger partial charge in [-0.2, -0.15) is 0 Å². The number of ether oxygens (including phenoxy) is 2. The van der Waals surface area contributed by atoms with Crippen LogP contribution in [0.5, 0.6) is 5.75 Å². The maximum atomic E-state index is 12.7. The zero-order valence-electron chi connectivity index (χ0n) is 18.4. The van der Waals surface area contributed by atoms with Crippen molar-refractivity contribution < 1.29 is 14.3 Å². The van der Waals surface area contributed by atoms with Crippen LogP contribution in [-0.4, -0.2) is 44.2 Å². The first-order valence-corrected chi connectivity index (χ1v) is 10.8. The van der Waals surface area contributed by atoms with E-state index >= 15 is 0 Å². The second-order valence-corrected chi connectivity index (χ2v) is 8.46. The van der Waals surface area contributed by atoms with E-state index in [-0.39, 0.29) is 5.91 Å². The number of methoxy groups -OCH3 is 1. The Labute approximate surface area is 180 Å². The fourth-order valence-corrected chi connectivity index (χ4v) is 4.29. The summed E-state index contributed by atoms with van der Waals surface area (Å²) in [6.07, 6.45) is 1.31. The number of nitrogens with one attached hydrogen (secondary N) is 1. The standard InChI is InChI=1S/C25H34N2O3/c1-19-13-20(2)17-27(16-19)18-23-8-5-4-7-22(23)15-26-25(28)21-9-6-10-24(14-21)30-12-11-29-3/h4-10,14,19-20H,11-13,15-18H2,1-3H3,(H,26,28). The smallest absolute Gasteiger partial charge is 0.251 e. The van der Waals surface area contributed by atoms with Gasteiger partial charge in [0.25, 0.3) is 5.91 Å². The average molecular weight is 411 g/mol. The van der Waals surface area contributed by atoms with Crippen molar-refractivity contribution in [2.75, 3.05) is 33.4 Å². The van der Waals surface area contributed by atoms with Gasteiger partial charge in [0, 0.05) is 38.9 Å². The van der Waals surface area contributed by atoms with E-state index in [1.807, 2.05) is 18.2 Å². The van der Waals surface area contributed by atoms with E-state index in [1.54, 1.807) is 19.2 Å². The zero-order chi connectivity index (χ0) is 21.3. The molecule has 1 aliphatic heterocycles. The van der Waals surface area contributed by atoms with Crippen molar-refractivity contribution in [2.45, 2.75) is 33.4 Å². The molecule has 1 fully saturated rings. The van der Waals surface area contributed by atoms with Crippen LogP contribution in [-0.2, 0) is 17.8 Å². The molecule has 0 bridgehead atoms. The van der Waals surface area contributed by atoms with E-state index in [0.717, 1.165) is 31.5 Å². The Morgan fingerprint density at radius 3 is 2.50 bits per heavy atom. The van der Waals surface area contributed by atoms with Crippen molar-refractivity contribution in [1.82, 2.24) is 10.2 Å². The summed E-state index contributed by atoms with van der Waals surface area (Å²) in [6, 6.07) is 15.7. The Hall–Kier alpha value is -2.37. The number of amides is 1. The number of likely N-dealkylation sites (tertiary alicyclic amines) is 1. The van der Waals surface area contributed by atoms with Gasteiger partial charge in [-0.05, 0) is 47.6 Å². The van der Waals surface area contributed by atoms with E-state index in [9.17, 15) is 4.79 Å². The summed E-state index contributed by atoms with van der Waals surface area (Å²) in [5, 5.41) is 3.07. The summed E-state index contributed by atoms with van der Waals surface area (Å²) in [5.41, 5.74) is 3.06. The molecule has 1 saturated heterocycles. The SMILES string of the molecule is COCCOc1cccc(C(=O)NCc2ccccc2CN2CC(C)CC(C)C2)c1. The largest absolute Gasteiger partial charge is 0.491 e. The van der Waals surface area contributed by atoms with Crippen LogP contribution >= 0.6 is 0 Å². The van der Waals surface area contributed by atoms with E-state index in [1.165, 1.54) is 17.5 Å². The lowest BCUT2D eigenvalue weighted by Crippen LogP contribution is -2.38. The van der Waals surface area contributed by atoms with Crippen LogP contribution < -0.4 is 10.1 Å². The van der Waals surface area contributed by atoms with E-state index in [2.05, 4.69) is 42.3 Å². The molecule has 0 aromatic heterocycles. The first-order valence-electron chi connectivity index (χ1n) is 10.8. The molecule has 2 atom stereocenters. The Balaban J connectivity index is 1.59. The lowest BCUT2D eigenvalue weighted by molar-refractivity contribution is 0.0950. The molecule has 2 aromatic carbocycles. The molecular weight excluding hydrogens is 376 g/mol. The third-order valence-corrected chi connectivity index (χ3v) is 5.55. The molecule has 1 aliphatic rings. The number of hydrogen-bond donors (Lipinski definition) is 1. The van der Waals surface area contributed by atoms with Gasteiger partial charge < -0.3 is 14.8 Å². The molecule has 2 aromatic rings. The fourth-order valence-electron chi connectivity index (χ4n) is 4.29. The minimum atomic E-state index is -0.0952. The number of hydrogen-bond acceptors (Lipinski definition) is 4. The molecule has 1 amide bonds. The summed E-state index contributed by atoms with van der Waals surface area (Å²) in [4.78, 5) is 15.2. The average Bonchev–Trinajstić information content (AvgIpc) is 2.72. The van der Waals surface area contributed by atoms with Crippen molar-refractivity contribution in [3.05, 3.63) is 65.2 Å². The van der Waals surface area contributed by atoms with Crippen molar-refractivity contribution >= 4 is 5.91 Å². The van der Waals surface area contributed by atoms with Gasteiger partial charge in [0.1, 0.15) is 12.4 Å². The van der Waals surface area contributed by atoms with Gasteiger partial charge in [-0.15, -0.1) is 0 Å². The lowest BCUT2D eigenvalue weighted by Gasteiger charge is -2.35. The van der Waals surface area contributed by atoms with Crippen LogP contribution in [0.2, 0.25) is 0 Å². The number of nitrogens with zero attached hydrogens (tertiary/aromatic N) is 1. The lowest BCUT2D eigenvalue weighted by atomic mass is 9.91. The van der Waals surface area contributed by atoms with Gasteiger partial charge in [-0.3, -0.25) is 9.69 Å². The highest BCUT2D eigenvalue weighted by Gasteiger charge is 2.22. The number of benzene rings is 2. The Bertz CT molecular complexity index is 814. The minimum absolute atomic E-state index is 0.0952. The number of carbonyl (C=O) groups is 1. The van der Waals surface area contributed by atoms with Crippen molar-refractivity contribution in [3.8, 4) is 5.75 Å². The molecule has 5 nitrogen and oxygen atoms in total. The van der Waals surface area contributed by atoms with Gasteiger partial charge in [-0.25, -0.2) is 0 Å². The molecule has 1 N–H and O–H groups in total. The summed E-state index contributed by atoms with van der Waals surface area (Å²) in [7, 11) is 1.64. The van der Waals surface area contributed by atoms with Crippen molar-refractivity contribution in [1.29, 1.82) is 0 Å². The summed E-state index contributed by atoms with van der Waals surface area (Å²) >= 11 is 0. The Morgan fingerprint density at radius 1 is 1.03 bits per heavy atom. The molecule has 162 valence electrons. The zero-order valence-corrected chi connectivity index (χ0v) is 18.4. The highest BCUT2D eigenvalue weighted by molar-refractivity contribution is 5.94. The van der Waals surface area contributed by atoms with Crippen LogP contribution in [0.4, 0.5) is 0 Å².